The molecule has 0 aliphatic carbocycles. The van der Waals surface area contributed by atoms with E-state index < -0.39 is 5.54 Å². The van der Waals surface area contributed by atoms with E-state index in [4.69, 9.17) is 4.74 Å². The predicted octanol–water partition coefficient (Wildman–Crippen LogP) is 1.37. The van der Waals surface area contributed by atoms with Crippen LogP contribution in [0.5, 0.6) is 0 Å². The van der Waals surface area contributed by atoms with Crippen LogP contribution in [0.1, 0.15) is 13.8 Å². The van der Waals surface area contributed by atoms with Crippen LogP contribution in [0.2, 0.25) is 0 Å². The summed E-state index contributed by atoms with van der Waals surface area (Å²) in [6, 6.07) is 0. The van der Waals surface area contributed by atoms with Crippen molar-refractivity contribution in [2.75, 3.05) is 27.7 Å². The standard InChI is InChI=1S/C8H17N2O3/c1-8(2,9-12)6-13-7(11)10(3,4)5/h6H2,1-5H3/q+1. The number of hydrogen-bond acceptors (Lipinski definition) is 4. The third-order valence-electron chi connectivity index (χ3n) is 1.34. The first-order valence-electron chi connectivity index (χ1n) is 4.02. The Hall–Kier alpha value is -0.970. The van der Waals surface area contributed by atoms with E-state index in [1.807, 2.05) is 0 Å². The zero-order chi connectivity index (χ0) is 10.7. The molecule has 0 radical (unpaired) electrons. The van der Waals surface area contributed by atoms with Crippen LogP contribution >= 0.6 is 0 Å². The van der Waals surface area contributed by atoms with Gasteiger partial charge in [0.15, 0.2) is 0 Å². The van der Waals surface area contributed by atoms with Gasteiger partial charge in [0.05, 0.1) is 21.1 Å². The van der Waals surface area contributed by atoms with Crippen molar-refractivity contribution in [3.63, 3.8) is 0 Å². The summed E-state index contributed by atoms with van der Waals surface area (Å²) in [5.41, 5.74) is -0.842. The number of nitrogens with zero attached hydrogens (tertiary/aromatic N) is 2. The number of quaternary nitrogens is 1. The summed E-state index contributed by atoms with van der Waals surface area (Å²) in [7, 11) is 5.09. The highest BCUT2D eigenvalue weighted by atomic mass is 16.6. The fourth-order valence-electron chi connectivity index (χ4n) is 0.458. The smallest absolute Gasteiger partial charge is 0.417 e. The molecule has 0 heterocycles. The van der Waals surface area contributed by atoms with Crippen LogP contribution in [-0.4, -0.2) is 43.9 Å². The van der Waals surface area contributed by atoms with Gasteiger partial charge in [-0.1, -0.05) is 5.18 Å². The van der Waals surface area contributed by atoms with Crippen molar-refractivity contribution in [2.45, 2.75) is 19.4 Å². The number of ether oxygens (including phenoxy) is 1. The normalized spacial score (nSPS) is 12.4. The lowest BCUT2D eigenvalue weighted by Crippen LogP contribution is -2.43. The Bertz CT molecular complexity index is 206. The van der Waals surface area contributed by atoms with Gasteiger partial charge in [-0.25, -0.2) is 4.48 Å². The Morgan fingerprint density at radius 1 is 1.38 bits per heavy atom. The molecule has 0 spiro atoms. The highest BCUT2D eigenvalue weighted by Gasteiger charge is 2.27. The lowest BCUT2D eigenvalue weighted by Gasteiger charge is -2.21. The minimum Gasteiger partial charge on any atom is -0.417 e. The zero-order valence-electron chi connectivity index (χ0n) is 8.83. The molecule has 0 bridgehead atoms. The Labute approximate surface area is 78.2 Å². The predicted molar refractivity (Wildman–Crippen MR) is 49.3 cm³/mol. The van der Waals surface area contributed by atoms with Gasteiger partial charge < -0.3 is 4.74 Å². The quantitative estimate of drug-likeness (QED) is 0.497. The number of amides is 1. The number of rotatable bonds is 3. The summed E-state index contributed by atoms with van der Waals surface area (Å²) in [4.78, 5) is 21.5. The second-order valence-electron chi connectivity index (χ2n) is 4.47. The summed E-state index contributed by atoms with van der Waals surface area (Å²) >= 11 is 0. The first-order chi connectivity index (χ1) is 5.69. The second kappa shape index (κ2) is 3.83. The molecule has 0 unspecified atom stereocenters. The van der Waals surface area contributed by atoms with E-state index in [1.54, 1.807) is 35.0 Å². The van der Waals surface area contributed by atoms with Crippen LogP contribution in [-0.2, 0) is 4.74 Å². The number of carbonyl (C=O) groups is 1. The van der Waals surface area contributed by atoms with Gasteiger partial charge in [-0.15, -0.1) is 0 Å². The summed E-state index contributed by atoms with van der Waals surface area (Å²) in [6.45, 7) is 3.25. The maximum atomic E-state index is 11.2. The largest absolute Gasteiger partial charge is 0.515 e. The van der Waals surface area contributed by atoms with Crippen molar-refractivity contribution in [2.24, 2.45) is 5.18 Å². The Balaban J connectivity index is 4.05. The number of nitroso groups, excluding NO2 is 1. The van der Waals surface area contributed by atoms with Gasteiger partial charge in [0, 0.05) is 0 Å². The Kier molecular flexibility index (Phi) is 3.54. The molecule has 5 heteroatoms. The van der Waals surface area contributed by atoms with E-state index >= 15 is 0 Å². The molecule has 0 aliphatic heterocycles. The van der Waals surface area contributed by atoms with Crippen molar-refractivity contribution in [3.05, 3.63) is 4.91 Å². The molecule has 1 amide bonds. The van der Waals surface area contributed by atoms with Gasteiger partial charge in [-0.2, -0.15) is 9.70 Å². The van der Waals surface area contributed by atoms with Crippen LogP contribution in [0.15, 0.2) is 5.18 Å². The van der Waals surface area contributed by atoms with Gasteiger partial charge in [0.2, 0.25) is 0 Å². The second-order valence-corrected chi connectivity index (χ2v) is 4.47. The maximum absolute atomic E-state index is 11.2. The van der Waals surface area contributed by atoms with Gasteiger partial charge in [0.1, 0.15) is 12.1 Å². The van der Waals surface area contributed by atoms with Gasteiger partial charge in [-0.3, -0.25) is 0 Å². The molecule has 0 atom stereocenters. The molecule has 0 aliphatic rings. The summed E-state index contributed by atoms with van der Waals surface area (Å²) < 4.78 is 4.98. The van der Waals surface area contributed by atoms with Crippen molar-refractivity contribution >= 4 is 6.09 Å². The molecule has 76 valence electrons. The highest BCUT2D eigenvalue weighted by Crippen LogP contribution is 2.09. The molecule has 0 saturated heterocycles. The average molecular weight is 189 g/mol. The lowest BCUT2D eigenvalue weighted by molar-refractivity contribution is -0.795. The van der Waals surface area contributed by atoms with Crippen molar-refractivity contribution in [3.8, 4) is 0 Å². The van der Waals surface area contributed by atoms with E-state index in [1.165, 1.54) is 0 Å². The van der Waals surface area contributed by atoms with Crippen molar-refractivity contribution in [1.29, 1.82) is 0 Å². The third kappa shape index (κ3) is 4.57. The average Bonchev–Trinajstić information content (AvgIpc) is 1.98. The highest BCUT2D eigenvalue weighted by molar-refractivity contribution is 5.59. The molecule has 0 aromatic carbocycles. The monoisotopic (exact) mass is 189 g/mol. The first-order valence-corrected chi connectivity index (χ1v) is 4.02. The minimum atomic E-state index is -0.842. The van der Waals surface area contributed by atoms with E-state index in [9.17, 15) is 9.70 Å². The summed E-state index contributed by atoms with van der Waals surface area (Å²) in [6.07, 6.45) is -0.378. The molecule has 0 aromatic heterocycles. The lowest BCUT2D eigenvalue weighted by atomic mass is 10.1. The van der Waals surface area contributed by atoms with Crippen LogP contribution in [0.3, 0.4) is 0 Å². The zero-order valence-corrected chi connectivity index (χ0v) is 8.83. The summed E-state index contributed by atoms with van der Waals surface area (Å²) in [5, 5.41) is 2.84. The van der Waals surface area contributed by atoms with E-state index in [0.717, 1.165) is 0 Å². The van der Waals surface area contributed by atoms with Crippen LogP contribution < -0.4 is 0 Å². The minimum absolute atomic E-state index is 0.0187. The fraction of sp³-hybridized carbons (Fsp3) is 0.875. The number of hydrogen-bond donors (Lipinski definition) is 0. The third-order valence-corrected chi connectivity index (χ3v) is 1.34. The van der Waals surface area contributed by atoms with Crippen molar-refractivity contribution < 1.29 is 14.0 Å². The Morgan fingerprint density at radius 2 is 1.85 bits per heavy atom. The van der Waals surface area contributed by atoms with Gasteiger partial charge in [0.25, 0.3) is 0 Å². The molecule has 0 aromatic rings. The van der Waals surface area contributed by atoms with Gasteiger partial charge in [-0.05, 0) is 13.8 Å². The number of carbonyl (C=O) groups excluding carboxylic acids is 1. The van der Waals surface area contributed by atoms with Gasteiger partial charge >= 0.3 is 6.09 Å². The summed E-state index contributed by atoms with van der Waals surface area (Å²) in [5.74, 6) is 0. The van der Waals surface area contributed by atoms with Crippen molar-refractivity contribution in [1.82, 2.24) is 0 Å². The van der Waals surface area contributed by atoms with Crippen LogP contribution in [0.4, 0.5) is 4.79 Å². The molecular formula is C8H17N2O3+. The first kappa shape index (κ1) is 12.0. The van der Waals surface area contributed by atoms with Crippen LogP contribution in [0.25, 0.3) is 0 Å². The maximum Gasteiger partial charge on any atom is 0.515 e. The molecule has 0 saturated carbocycles. The van der Waals surface area contributed by atoms with E-state index in [-0.39, 0.29) is 17.2 Å². The molecule has 5 nitrogen and oxygen atoms in total. The Morgan fingerprint density at radius 3 is 2.15 bits per heavy atom. The molecule has 0 rings (SSSR count). The molecule has 0 fully saturated rings. The fourth-order valence-corrected chi connectivity index (χ4v) is 0.458. The molecule has 0 N–H and O–H groups in total. The topological polar surface area (TPSA) is 55.7 Å². The van der Waals surface area contributed by atoms with E-state index in [2.05, 4.69) is 5.18 Å². The molecular weight excluding hydrogens is 172 g/mol. The van der Waals surface area contributed by atoms with E-state index in [0.29, 0.717) is 0 Å². The van der Waals surface area contributed by atoms with Crippen LogP contribution in [0, 0.1) is 4.91 Å². The molecule has 13 heavy (non-hydrogen) atoms. The SMILES string of the molecule is CC(C)(COC(=O)[N+](C)(C)C)N=O.